The van der Waals surface area contributed by atoms with Crippen molar-refractivity contribution in [2.45, 2.75) is 4.90 Å². The lowest BCUT2D eigenvalue weighted by molar-refractivity contribution is 0.103. The van der Waals surface area contributed by atoms with E-state index in [1.165, 1.54) is 23.9 Å². The smallest absolute Gasteiger partial charge is 0.191 e. The third-order valence-electron chi connectivity index (χ3n) is 4.02. The average molecular weight is 405 g/mol. The van der Waals surface area contributed by atoms with Gasteiger partial charge in [0.15, 0.2) is 5.78 Å². The van der Waals surface area contributed by atoms with Crippen LogP contribution in [0.25, 0.3) is 17.4 Å². The summed E-state index contributed by atoms with van der Waals surface area (Å²) < 4.78 is 19.3. The standard InChI is InChI=1S/C20H11Cl2FO2S/c21-16-3-1-2-14(19(16)22)17-6-5-13(25-17)8-11-10-26-18-7-4-12(23)9-15(18)20(11)24/h1-9H,10H2/b11-8-. The molecule has 1 aromatic heterocycles. The van der Waals surface area contributed by atoms with Crippen LogP contribution >= 0.6 is 35.0 Å². The topological polar surface area (TPSA) is 30.2 Å². The Kier molecular flexibility index (Phi) is 4.65. The molecule has 4 rings (SSSR count). The van der Waals surface area contributed by atoms with Crippen molar-refractivity contribution in [3.63, 3.8) is 0 Å². The van der Waals surface area contributed by atoms with Gasteiger partial charge in [-0.3, -0.25) is 4.79 Å². The van der Waals surface area contributed by atoms with Crippen LogP contribution in [0.4, 0.5) is 4.39 Å². The van der Waals surface area contributed by atoms with Crippen molar-refractivity contribution >= 4 is 46.8 Å². The Morgan fingerprint density at radius 3 is 2.77 bits per heavy atom. The summed E-state index contributed by atoms with van der Waals surface area (Å²) in [7, 11) is 0. The third-order valence-corrected chi connectivity index (χ3v) is 5.96. The predicted octanol–water partition coefficient (Wildman–Crippen LogP) is 6.76. The van der Waals surface area contributed by atoms with Gasteiger partial charge in [-0.2, -0.15) is 0 Å². The second kappa shape index (κ2) is 6.95. The number of ketones is 1. The molecular formula is C20H11Cl2FO2S. The molecular weight excluding hydrogens is 394 g/mol. The van der Waals surface area contributed by atoms with Crippen molar-refractivity contribution in [2.24, 2.45) is 0 Å². The summed E-state index contributed by atoms with van der Waals surface area (Å²) in [6.07, 6.45) is 1.69. The Morgan fingerprint density at radius 2 is 1.92 bits per heavy atom. The summed E-state index contributed by atoms with van der Waals surface area (Å²) in [6, 6.07) is 13.1. The van der Waals surface area contributed by atoms with Gasteiger partial charge in [0.1, 0.15) is 17.3 Å². The van der Waals surface area contributed by atoms with Gasteiger partial charge in [-0.1, -0.05) is 29.3 Å². The highest BCUT2D eigenvalue weighted by Gasteiger charge is 2.23. The van der Waals surface area contributed by atoms with E-state index < -0.39 is 5.82 Å². The van der Waals surface area contributed by atoms with Gasteiger partial charge < -0.3 is 4.42 Å². The number of furan rings is 1. The highest BCUT2D eigenvalue weighted by Crippen LogP contribution is 2.36. The van der Waals surface area contributed by atoms with Crippen LogP contribution in [0.15, 0.2) is 63.4 Å². The van der Waals surface area contributed by atoms with Gasteiger partial charge in [0.05, 0.1) is 10.0 Å². The van der Waals surface area contributed by atoms with Crippen molar-refractivity contribution in [2.75, 3.05) is 5.75 Å². The highest BCUT2D eigenvalue weighted by molar-refractivity contribution is 7.99. The van der Waals surface area contributed by atoms with Gasteiger partial charge in [0, 0.05) is 27.3 Å². The molecule has 130 valence electrons. The summed E-state index contributed by atoms with van der Waals surface area (Å²) in [5.74, 6) is 0.990. The van der Waals surface area contributed by atoms with E-state index >= 15 is 0 Å². The number of rotatable bonds is 2. The molecule has 0 aliphatic carbocycles. The lowest BCUT2D eigenvalue weighted by atomic mass is 10.0. The molecule has 0 atom stereocenters. The number of hydrogen-bond acceptors (Lipinski definition) is 3. The maximum Gasteiger partial charge on any atom is 0.191 e. The number of thioether (sulfide) groups is 1. The molecule has 3 aromatic rings. The number of hydrogen-bond donors (Lipinski definition) is 0. The zero-order chi connectivity index (χ0) is 18.3. The zero-order valence-electron chi connectivity index (χ0n) is 13.3. The molecule has 2 aromatic carbocycles. The summed E-state index contributed by atoms with van der Waals surface area (Å²) >= 11 is 13.8. The Morgan fingerprint density at radius 1 is 1.08 bits per heavy atom. The number of carbonyl (C=O) groups excluding carboxylic acids is 1. The largest absolute Gasteiger partial charge is 0.457 e. The Labute approximate surface area is 163 Å². The van der Waals surface area contributed by atoms with Gasteiger partial charge in [-0.25, -0.2) is 4.39 Å². The van der Waals surface area contributed by atoms with E-state index in [2.05, 4.69) is 0 Å². The van der Waals surface area contributed by atoms with E-state index in [1.807, 2.05) is 6.07 Å². The maximum atomic E-state index is 13.5. The quantitative estimate of drug-likeness (QED) is 0.441. The van der Waals surface area contributed by atoms with Gasteiger partial charge in [0.2, 0.25) is 0 Å². The van der Waals surface area contributed by atoms with E-state index in [0.717, 1.165) is 4.90 Å². The first-order chi connectivity index (χ1) is 12.5. The molecule has 0 fully saturated rings. The molecule has 1 aliphatic rings. The van der Waals surface area contributed by atoms with Gasteiger partial charge in [-0.05, 0) is 48.5 Å². The minimum Gasteiger partial charge on any atom is -0.457 e. The zero-order valence-corrected chi connectivity index (χ0v) is 15.6. The fourth-order valence-corrected chi connectivity index (χ4v) is 4.14. The minimum atomic E-state index is -0.421. The Hall–Kier alpha value is -2.01. The van der Waals surface area contributed by atoms with Crippen molar-refractivity contribution < 1.29 is 13.6 Å². The number of carbonyl (C=O) groups is 1. The molecule has 2 heterocycles. The molecule has 0 amide bonds. The van der Waals surface area contributed by atoms with Crippen LogP contribution in [-0.4, -0.2) is 11.5 Å². The van der Waals surface area contributed by atoms with Gasteiger partial charge in [-0.15, -0.1) is 11.8 Å². The number of halogens is 3. The van der Waals surface area contributed by atoms with Crippen LogP contribution < -0.4 is 0 Å². The van der Waals surface area contributed by atoms with Crippen LogP contribution in [-0.2, 0) is 0 Å². The molecule has 0 bridgehead atoms. The fourth-order valence-electron chi connectivity index (χ4n) is 2.75. The SMILES string of the molecule is O=C1/C(=C\c2ccc(-c3cccc(Cl)c3Cl)o2)CSc2ccc(F)cc21. The van der Waals surface area contributed by atoms with Gasteiger partial charge >= 0.3 is 0 Å². The van der Waals surface area contributed by atoms with E-state index in [1.54, 1.807) is 36.4 Å². The van der Waals surface area contributed by atoms with E-state index in [-0.39, 0.29) is 5.78 Å². The second-order valence-corrected chi connectivity index (χ2v) is 7.53. The fraction of sp³-hybridized carbons (Fsp3) is 0.0500. The molecule has 0 radical (unpaired) electrons. The van der Waals surface area contributed by atoms with Crippen molar-refractivity contribution in [3.8, 4) is 11.3 Å². The number of fused-ring (bicyclic) bond motifs is 1. The van der Waals surface area contributed by atoms with Crippen LogP contribution in [0, 0.1) is 5.82 Å². The lowest BCUT2D eigenvalue weighted by Gasteiger charge is -2.16. The molecule has 2 nitrogen and oxygen atoms in total. The lowest BCUT2D eigenvalue weighted by Crippen LogP contribution is -2.12. The van der Waals surface area contributed by atoms with Crippen LogP contribution in [0.2, 0.25) is 10.0 Å². The first kappa shape index (κ1) is 17.4. The summed E-state index contributed by atoms with van der Waals surface area (Å²) in [5.41, 5.74) is 1.63. The van der Waals surface area contributed by atoms with Crippen LogP contribution in [0.1, 0.15) is 16.1 Å². The van der Waals surface area contributed by atoms with Crippen molar-refractivity contribution in [1.82, 2.24) is 0 Å². The Bertz CT molecular complexity index is 1060. The van der Waals surface area contributed by atoms with Gasteiger partial charge in [0.25, 0.3) is 0 Å². The molecule has 0 saturated heterocycles. The summed E-state index contributed by atoms with van der Waals surface area (Å²) in [5, 5.41) is 0.856. The minimum absolute atomic E-state index is 0.183. The molecule has 0 N–H and O–H groups in total. The molecule has 0 unspecified atom stereocenters. The normalized spacial score (nSPS) is 15.3. The predicted molar refractivity (Wildman–Crippen MR) is 104 cm³/mol. The van der Waals surface area contributed by atoms with Crippen LogP contribution in [0.3, 0.4) is 0 Å². The van der Waals surface area contributed by atoms with Crippen molar-refractivity contribution in [3.05, 3.63) is 81.3 Å². The molecule has 0 spiro atoms. The summed E-state index contributed by atoms with van der Waals surface area (Å²) in [6.45, 7) is 0. The molecule has 26 heavy (non-hydrogen) atoms. The maximum absolute atomic E-state index is 13.5. The van der Waals surface area contributed by atoms with E-state index in [9.17, 15) is 9.18 Å². The Balaban J connectivity index is 1.67. The number of benzene rings is 2. The highest BCUT2D eigenvalue weighted by atomic mass is 35.5. The first-order valence-corrected chi connectivity index (χ1v) is 9.49. The third kappa shape index (κ3) is 3.20. The van der Waals surface area contributed by atoms with Crippen LogP contribution in [0.5, 0.6) is 0 Å². The molecule has 6 heteroatoms. The first-order valence-electron chi connectivity index (χ1n) is 7.75. The summed E-state index contributed by atoms with van der Waals surface area (Å²) in [4.78, 5) is 13.4. The number of Topliss-reactive ketones (excluding diaryl/α,β-unsaturated/α-hetero) is 1. The van der Waals surface area contributed by atoms with Crippen molar-refractivity contribution in [1.29, 1.82) is 0 Å². The van der Waals surface area contributed by atoms with E-state index in [4.69, 9.17) is 27.6 Å². The van der Waals surface area contributed by atoms with E-state index in [0.29, 0.717) is 44.0 Å². The molecule has 0 saturated carbocycles. The average Bonchev–Trinajstić information content (AvgIpc) is 3.08. The monoisotopic (exact) mass is 404 g/mol. The second-order valence-electron chi connectivity index (χ2n) is 5.73. The molecule has 1 aliphatic heterocycles.